The number of aromatic nitrogens is 1. The van der Waals surface area contributed by atoms with Crippen LogP contribution in [0, 0.1) is 0 Å². The van der Waals surface area contributed by atoms with Crippen molar-refractivity contribution in [1.29, 1.82) is 0 Å². The van der Waals surface area contributed by atoms with Crippen LogP contribution in [0.15, 0.2) is 60.8 Å². The van der Waals surface area contributed by atoms with Crippen molar-refractivity contribution in [2.24, 2.45) is 0 Å². The van der Waals surface area contributed by atoms with Gasteiger partial charge in [0.1, 0.15) is 17.2 Å². The van der Waals surface area contributed by atoms with Crippen molar-refractivity contribution in [1.82, 2.24) is 10.3 Å². The van der Waals surface area contributed by atoms with Gasteiger partial charge in [-0.1, -0.05) is 12.1 Å². The third-order valence-corrected chi connectivity index (χ3v) is 5.69. The lowest BCUT2D eigenvalue weighted by Crippen LogP contribution is -2.24. The Bertz CT molecular complexity index is 1230. The van der Waals surface area contributed by atoms with E-state index in [4.69, 9.17) is 4.74 Å². The number of hydrogen-bond donors (Lipinski definition) is 2. The molecule has 0 atom stereocenters. The maximum Gasteiger partial charge on any atom is 0.416 e. The number of halogens is 3. The van der Waals surface area contributed by atoms with Gasteiger partial charge in [-0.3, -0.25) is 14.6 Å². The molecule has 1 heterocycles. The average molecular weight is 515 g/mol. The first kappa shape index (κ1) is 27.5. The maximum absolute atomic E-state index is 13.3. The number of carbonyl (C=O) groups is 2. The molecule has 1 aromatic heterocycles. The number of alkyl halides is 3. The Morgan fingerprint density at radius 2 is 1.68 bits per heavy atom. The Hall–Kier alpha value is -4.08. The highest BCUT2D eigenvalue weighted by Crippen LogP contribution is 2.35. The highest BCUT2D eigenvalue weighted by molar-refractivity contribution is 5.94. The molecule has 0 saturated carbocycles. The maximum atomic E-state index is 13.3. The number of aryl methyl sites for hydroxylation is 1. The van der Waals surface area contributed by atoms with Gasteiger partial charge in [-0.25, -0.2) is 0 Å². The number of amides is 2. The summed E-state index contributed by atoms with van der Waals surface area (Å²) in [6, 6.07) is 13.6. The summed E-state index contributed by atoms with van der Waals surface area (Å²) in [5, 5.41) is 5.16. The molecule has 2 N–H and O–H groups in total. The summed E-state index contributed by atoms with van der Waals surface area (Å²) in [7, 11) is 1.51. The van der Waals surface area contributed by atoms with E-state index in [0.29, 0.717) is 36.7 Å². The second kappa shape index (κ2) is 12.2. The van der Waals surface area contributed by atoms with Crippen LogP contribution in [0.4, 0.5) is 24.5 Å². The number of hydrogen-bond acceptors (Lipinski definition) is 5. The fraction of sp³-hybridized carbons (Fsp3) is 0.296. The van der Waals surface area contributed by atoms with E-state index in [-0.39, 0.29) is 29.6 Å². The van der Waals surface area contributed by atoms with Crippen LogP contribution in [0.3, 0.4) is 0 Å². The third-order valence-electron chi connectivity index (χ3n) is 5.69. The summed E-state index contributed by atoms with van der Waals surface area (Å²) in [5.74, 6) is 0.279. The van der Waals surface area contributed by atoms with Crippen LogP contribution in [0.25, 0.3) is 0 Å². The summed E-state index contributed by atoms with van der Waals surface area (Å²) in [5.41, 5.74) is 0.957. The van der Waals surface area contributed by atoms with Crippen LogP contribution in [-0.4, -0.2) is 36.9 Å². The number of nitrogens with zero attached hydrogens (tertiary/aromatic N) is 2. The van der Waals surface area contributed by atoms with Gasteiger partial charge in [-0.05, 0) is 62.2 Å². The topological polar surface area (TPSA) is 83.6 Å². The summed E-state index contributed by atoms with van der Waals surface area (Å²) in [6.45, 7) is 4.98. The smallest absolute Gasteiger partial charge is 0.416 e. The molecule has 37 heavy (non-hydrogen) atoms. The van der Waals surface area contributed by atoms with E-state index in [2.05, 4.69) is 15.6 Å². The van der Waals surface area contributed by atoms with Gasteiger partial charge in [0.05, 0.1) is 16.9 Å². The molecule has 0 aliphatic carbocycles. The van der Waals surface area contributed by atoms with Crippen LogP contribution in [0.1, 0.15) is 41.9 Å². The van der Waals surface area contributed by atoms with Crippen molar-refractivity contribution in [3.8, 4) is 11.5 Å². The summed E-state index contributed by atoms with van der Waals surface area (Å²) in [6.07, 6.45) is -2.55. The van der Waals surface area contributed by atoms with Crippen molar-refractivity contribution < 1.29 is 27.5 Å². The molecule has 0 radical (unpaired) electrons. The highest BCUT2D eigenvalue weighted by Gasteiger charge is 2.31. The van der Waals surface area contributed by atoms with Gasteiger partial charge in [0, 0.05) is 38.8 Å². The Kier molecular flexibility index (Phi) is 9.10. The van der Waals surface area contributed by atoms with E-state index < -0.39 is 11.7 Å². The second-order valence-corrected chi connectivity index (χ2v) is 8.15. The van der Waals surface area contributed by atoms with E-state index in [9.17, 15) is 22.8 Å². The monoisotopic (exact) mass is 514 g/mol. The summed E-state index contributed by atoms with van der Waals surface area (Å²) < 4.78 is 45.5. The molecule has 0 spiro atoms. The average Bonchev–Trinajstić information content (AvgIpc) is 2.89. The molecule has 3 rings (SSSR count). The minimum Gasteiger partial charge on any atom is -0.457 e. The van der Waals surface area contributed by atoms with Gasteiger partial charge in [0.2, 0.25) is 5.91 Å². The number of carbonyl (C=O) groups excluding carboxylic acids is 2. The second-order valence-electron chi connectivity index (χ2n) is 8.15. The van der Waals surface area contributed by atoms with Crippen LogP contribution < -0.4 is 20.3 Å². The zero-order valence-corrected chi connectivity index (χ0v) is 20.9. The van der Waals surface area contributed by atoms with Crippen LogP contribution in [0.2, 0.25) is 0 Å². The minimum atomic E-state index is -4.51. The predicted octanol–water partition coefficient (Wildman–Crippen LogP) is 5.67. The number of pyridine rings is 1. The first-order chi connectivity index (χ1) is 17.6. The Morgan fingerprint density at radius 3 is 2.30 bits per heavy atom. The van der Waals surface area contributed by atoms with E-state index >= 15 is 0 Å². The molecule has 0 bridgehead atoms. The normalized spacial score (nSPS) is 11.1. The molecule has 0 aliphatic heterocycles. The van der Waals surface area contributed by atoms with Gasteiger partial charge in [-0.2, -0.15) is 13.2 Å². The van der Waals surface area contributed by atoms with E-state index in [1.54, 1.807) is 30.3 Å². The summed E-state index contributed by atoms with van der Waals surface area (Å²) in [4.78, 5) is 30.3. The van der Waals surface area contributed by atoms with Gasteiger partial charge in [0.15, 0.2) is 0 Å². The largest absolute Gasteiger partial charge is 0.457 e. The standard InChI is InChI=1S/C27H29F3N4O3/c1-4-34(5-2)24-12-9-19(27(28,29)30)16-22(24)33-25(35)13-8-18-6-10-20(11-7-18)37-21-14-15-32-23(17-21)26(36)31-3/h6-7,9-12,14-17H,4-5,8,13H2,1-3H3,(H,31,36)(H,33,35). The van der Waals surface area contributed by atoms with E-state index in [0.717, 1.165) is 17.7 Å². The number of rotatable bonds is 10. The van der Waals surface area contributed by atoms with E-state index in [1.807, 2.05) is 18.7 Å². The number of benzene rings is 2. The first-order valence-corrected chi connectivity index (χ1v) is 11.9. The van der Waals surface area contributed by atoms with E-state index in [1.165, 1.54) is 25.4 Å². The third kappa shape index (κ3) is 7.45. The molecule has 0 saturated heterocycles. The lowest BCUT2D eigenvalue weighted by atomic mass is 10.1. The van der Waals surface area contributed by atoms with Crippen LogP contribution in [-0.2, 0) is 17.4 Å². The fourth-order valence-corrected chi connectivity index (χ4v) is 3.71. The molecule has 0 unspecified atom stereocenters. The number of ether oxygens (including phenoxy) is 1. The van der Waals surface area contributed by atoms with Crippen molar-refractivity contribution in [3.63, 3.8) is 0 Å². The zero-order chi connectivity index (χ0) is 27.0. The fourth-order valence-electron chi connectivity index (χ4n) is 3.71. The number of nitrogens with one attached hydrogen (secondary N) is 2. The molecule has 7 nitrogen and oxygen atoms in total. The molecule has 2 aromatic carbocycles. The molecular formula is C27H29F3N4O3. The van der Waals surface area contributed by atoms with Crippen molar-refractivity contribution in [2.75, 3.05) is 30.4 Å². The first-order valence-electron chi connectivity index (χ1n) is 11.9. The Balaban J connectivity index is 1.64. The van der Waals surface area contributed by atoms with Gasteiger partial charge < -0.3 is 20.3 Å². The molecule has 3 aromatic rings. The predicted molar refractivity (Wildman–Crippen MR) is 136 cm³/mol. The molecular weight excluding hydrogens is 485 g/mol. The molecule has 10 heteroatoms. The Morgan fingerprint density at radius 1 is 0.973 bits per heavy atom. The van der Waals surface area contributed by atoms with Gasteiger partial charge in [-0.15, -0.1) is 0 Å². The molecule has 2 amide bonds. The molecule has 0 aliphatic rings. The summed E-state index contributed by atoms with van der Waals surface area (Å²) >= 11 is 0. The van der Waals surface area contributed by atoms with Crippen molar-refractivity contribution in [3.05, 3.63) is 77.6 Å². The lowest BCUT2D eigenvalue weighted by Gasteiger charge is -2.25. The Labute approximate surface area is 213 Å². The SMILES string of the molecule is CCN(CC)c1ccc(C(F)(F)F)cc1NC(=O)CCc1ccc(Oc2ccnc(C(=O)NC)c2)cc1. The number of anilines is 2. The van der Waals surface area contributed by atoms with Gasteiger partial charge >= 0.3 is 6.18 Å². The van der Waals surface area contributed by atoms with Crippen LogP contribution >= 0.6 is 0 Å². The zero-order valence-electron chi connectivity index (χ0n) is 20.9. The minimum absolute atomic E-state index is 0.0913. The molecule has 0 fully saturated rings. The molecule has 196 valence electrons. The van der Waals surface area contributed by atoms with Crippen LogP contribution in [0.5, 0.6) is 11.5 Å². The van der Waals surface area contributed by atoms with Gasteiger partial charge in [0.25, 0.3) is 5.91 Å². The van der Waals surface area contributed by atoms with Crippen molar-refractivity contribution in [2.45, 2.75) is 32.9 Å². The lowest BCUT2D eigenvalue weighted by molar-refractivity contribution is -0.137. The quantitative estimate of drug-likeness (QED) is 0.364. The van der Waals surface area contributed by atoms with Crippen molar-refractivity contribution >= 4 is 23.2 Å². The highest BCUT2D eigenvalue weighted by atomic mass is 19.4.